The topological polar surface area (TPSA) is 95.0 Å². The van der Waals surface area contributed by atoms with Crippen LogP contribution in [0.1, 0.15) is 0 Å². The number of carbonyl (C=O) groups excluding carboxylic acids is 3. The highest BCUT2D eigenvalue weighted by molar-refractivity contribution is 6.24. The van der Waals surface area contributed by atoms with Gasteiger partial charge in [0.15, 0.2) is 0 Å². The number of carboxylic acid groups (broad SMARTS) is 1. The lowest BCUT2D eigenvalue weighted by Gasteiger charge is -2.30. The van der Waals surface area contributed by atoms with E-state index < -0.39 is 29.7 Å². The van der Waals surface area contributed by atoms with Crippen molar-refractivity contribution >= 4 is 23.8 Å². The highest BCUT2D eigenvalue weighted by Crippen LogP contribution is 2.14. The summed E-state index contributed by atoms with van der Waals surface area (Å²) in [6.07, 6.45) is 0. The lowest BCUT2D eigenvalue weighted by atomic mass is 10.1. The Morgan fingerprint density at radius 3 is 1.79 bits per heavy atom. The maximum Gasteiger partial charge on any atom is 0.332 e. The van der Waals surface area contributed by atoms with Crippen molar-refractivity contribution in [3.63, 3.8) is 0 Å². The van der Waals surface area contributed by atoms with Crippen LogP contribution in [-0.2, 0) is 14.4 Å². The molecule has 0 aliphatic carbocycles. The molecular formula is C7H8N2O5. The van der Waals surface area contributed by atoms with Crippen LogP contribution in [0.15, 0.2) is 0 Å². The zero-order valence-corrected chi connectivity index (χ0v) is 7.55. The third-order valence-electron chi connectivity index (χ3n) is 1.98. The van der Waals surface area contributed by atoms with Crippen LogP contribution in [0.2, 0.25) is 0 Å². The van der Waals surface area contributed by atoms with E-state index >= 15 is 0 Å². The lowest BCUT2D eigenvalue weighted by Crippen LogP contribution is -2.58. The minimum absolute atomic E-state index is 0.611. The average molecular weight is 200 g/mol. The fraction of sp³-hybridized carbons (Fsp3) is 0.429. The molecule has 0 saturated carbocycles. The molecule has 1 saturated heterocycles. The number of aliphatic carboxylic acids is 1. The van der Waals surface area contributed by atoms with E-state index in [0.29, 0.717) is 9.80 Å². The first-order chi connectivity index (χ1) is 6.37. The first-order valence-corrected chi connectivity index (χ1v) is 3.69. The van der Waals surface area contributed by atoms with Gasteiger partial charge in [0.25, 0.3) is 11.8 Å². The number of nitrogens with zero attached hydrogens (tertiary/aromatic N) is 2. The summed E-state index contributed by atoms with van der Waals surface area (Å²) < 4.78 is 0. The van der Waals surface area contributed by atoms with Crippen LogP contribution in [0.4, 0.5) is 4.79 Å². The smallest absolute Gasteiger partial charge is 0.332 e. The predicted molar refractivity (Wildman–Crippen MR) is 42.1 cm³/mol. The van der Waals surface area contributed by atoms with Gasteiger partial charge in [-0.3, -0.25) is 24.2 Å². The summed E-state index contributed by atoms with van der Waals surface area (Å²) >= 11 is 0. The second-order valence-corrected chi connectivity index (χ2v) is 2.85. The Morgan fingerprint density at radius 2 is 1.50 bits per heavy atom. The normalized spacial score (nSPS) is 19.1. The van der Waals surface area contributed by atoms with E-state index in [0.717, 1.165) is 14.1 Å². The third-order valence-corrected chi connectivity index (χ3v) is 1.98. The molecule has 0 aromatic rings. The van der Waals surface area contributed by atoms with Crippen molar-refractivity contribution in [3.8, 4) is 0 Å². The largest absolute Gasteiger partial charge is 0.480 e. The molecule has 0 spiro atoms. The molecule has 7 nitrogen and oxygen atoms in total. The number of barbiturate groups is 1. The van der Waals surface area contributed by atoms with E-state index in [1.807, 2.05) is 0 Å². The second kappa shape index (κ2) is 3.09. The van der Waals surface area contributed by atoms with Crippen LogP contribution in [0.25, 0.3) is 0 Å². The maximum atomic E-state index is 11.2. The standard InChI is InChI=1S/C7H8N2O5/c1-8-4(10)3(6(12)13)5(11)9(2)7(8)14/h3H,1-2H3,(H,12,13). The number of carbonyl (C=O) groups is 4. The molecule has 0 aromatic heterocycles. The fourth-order valence-electron chi connectivity index (χ4n) is 1.12. The van der Waals surface area contributed by atoms with Crippen molar-refractivity contribution < 1.29 is 24.3 Å². The Labute approximate surface area is 78.9 Å². The Kier molecular flexibility index (Phi) is 2.24. The minimum atomic E-state index is -1.80. The SMILES string of the molecule is CN1C(=O)C(C(=O)O)C(=O)N(C)C1=O. The number of hydrogen-bond acceptors (Lipinski definition) is 4. The van der Waals surface area contributed by atoms with Crippen molar-refractivity contribution in [3.05, 3.63) is 0 Å². The van der Waals surface area contributed by atoms with Gasteiger partial charge in [0.1, 0.15) is 0 Å². The van der Waals surface area contributed by atoms with Crippen molar-refractivity contribution in [2.24, 2.45) is 5.92 Å². The van der Waals surface area contributed by atoms with E-state index in [-0.39, 0.29) is 0 Å². The molecule has 0 atom stereocenters. The molecule has 0 radical (unpaired) electrons. The first-order valence-electron chi connectivity index (χ1n) is 3.69. The van der Waals surface area contributed by atoms with Gasteiger partial charge in [0, 0.05) is 14.1 Å². The van der Waals surface area contributed by atoms with Crippen LogP contribution in [0.3, 0.4) is 0 Å². The molecule has 1 fully saturated rings. The molecule has 0 unspecified atom stereocenters. The van der Waals surface area contributed by atoms with Gasteiger partial charge in [-0.2, -0.15) is 0 Å². The minimum Gasteiger partial charge on any atom is -0.480 e. The molecule has 1 aliphatic heterocycles. The Hall–Kier alpha value is -1.92. The Morgan fingerprint density at radius 1 is 1.14 bits per heavy atom. The fourth-order valence-corrected chi connectivity index (χ4v) is 1.12. The summed E-state index contributed by atoms with van der Waals surface area (Å²) in [4.78, 5) is 45.3. The monoisotopic (exact) mass is 200 g/mol. The summed E-state index contributed by atoms with van der Waals surface area (Å²) in [5, 5.41) is 8.59. The average Bonchev–Trinajstić information content (AvgIpc) is 2.11. The van der Waals surface area contributed by atoms with Crippen LogP contribution < -0.4 is 0 Å². The van der Waals surface area contributed by atoms with Crippen molar-refractivity contribution in [2.45, 2.75) is 0 Å². The van der Waals surface area contributed by atoms with Gasteiger partial charge in [-0.05, 0) is 0 Å². The van der Waals surface area contributed by atoms with Gasteiger partial charge in [-0.25, -0.2) is 4.79 Å². The molecular weight excluding hydrogens is 192 g/mol. The molecule has 1 heterocycles. The summed E-state index contributed by atoms with van der Waals surface area (Å²) in [5.41, 5.74) is 0. The van der Waals surface area contributed by atoms with Gasteiger partial charge >= 0.3 is 12.0 Å². The summed E-state index contributed by atoms with van der Waals surface area (Å²) in [7, 11) is 2.26. The number of amides is 4. The third kappa shape index (κ3) is 1.22. The van der Waals surface area contributed by atoms with Gasteiger partial charge in [-0.1, -0.05) is 0 Å². The van der Waals surface area contributed by atoms with Crippen LogP contribution in [-0.4, -0.2) is 52.8 Å². The van der Waals surface area contributed by atoms with Crippen molar-refractivity contribution in [1.29, 1.82) is 0 Å². The Balaban J connectivity index is 3.10. The van der Waals surface area contributed by atoms with Gasteiger partial charge in [-0.15, -0.1) is 0 Å². The number of urea groups is 1. The van der Waals surface area contributed by atoms with E-state index in [1.165, 1.54) is 0 Å². The maximum absolute atomic E-state index is 11.2. The number of hydrogen-bond donors (Lipinski definition) is 1. The summed E-state index contributed by atoms with van der Waals surface area (Å²) in [6.45, 7) is 0. The molecule has 7 heteroatoms. The van der Waals surface area contributed by atoms with Gasteiger partial charge < -0.3 is 5.11 Å². The Bertz CT molecular complexity index is 313. The summed E-state index contributed by atoms with van der Waals surface area (Å²) in [6, 6.07) is -0.822. The highest BCUT2D eigenvalue weighted by Gasteiger charge is 2.46. The first kappa shape index (κ1) is 10.2. The van der Waals surface area contributed by atoms with Crippen molar-refractivity contribution in [2.75, 3.05) is 14.1 Å². The zero-order valence-electron chi connectivity index (χ0n) is 7.55. The number of imide groups is 2. The van der Waals surface area contributed by atoms with E-state index in [2.05, 4.69) is 0 Å². The molecule has 0 aromatic carbocycles. The second-order valence-electron chi connectivity index (χ2n) is 2.85. The molecule has 1 N–H and O–H groups in total. The van der Waals surface area contributed by atoms with Crippen LogP contribution >= 0.6 is 0 Å². The van der Waals surface area contributed by atoms with E-state index in [1.54, 1.807) is 0 Å². The molecule has 76 valence electrons. The quantitative estimate of drug-likeness (QED) is 0.533. The molecule has 1 aliphatic rings. The van der Waals surface area contributed by atoms with E-state index in [9.17, 15) is 19.2 Å². The van der Waals surface area contributed by atoms with Gasteiger partial charge in [0.05, 0.1) is 0 Å². The predicted octanol–water partition coefficient (Wildman–Crippen LogP) is -1.26. The summed E-state index contributed by atoms with van der Waals surface area (Å²) in [5.74, 6) is -5.37. The number of carboxylic acids is 1. The van der Waals surface area contributed by atoms with E-state index in [4.69, 9.17) is 5.11 Å². The molecule has 1 rings (SSSR count). The zero-order chi connectivity index (χ0) is 11.0. The number of rotatable bonds is 1. The van der Waals surface area contributed by atoms with Crippen molar-refractivity contribution in [1.82, 2.24) is 9.80 Å². The highest BCUT2D eigenvalue weighted by atomic mass is 16.4. The lowest BCUT2D eigenvalue weighted by molar-refractivity contribution is -0.159. The molecule has 0 bridgehead atoms. The van der Waals surface area contributed by atoms with Crippen LogP contribution in [0.5, 0.6) is 0 Å². The van der Waals surface area contributed by atoms with Crippen LogP contribution in [0, 0.1) is 5.92 Å². The molecule has 14 heavy (non-hydrogen) atoms. The molecule has 4 amide bonds. The van der Waals surface area contributed by atoms with Gasteiger partial charge in [0.2, 0.25) is 5.92 Å².